The van der Waals surface area contributed by atoms with Gasteiger partial charge in [-0.1, -0.05) is 30.2 Å². The zero-order chi connectivity index (χ0) is 10.5. The van der Waals surface area contributed by atoms with Crippen molar-refractivity contribution in [1.82, 2.24) is 0 Å². The van der Waals surface area contributed by atoms with Crippen molar-refractivity contribution in [2.45, 2.75) is 6.10 Å². The molecule has 1 aliphatic rings. The lowest BCUT2D eigenvalue weighted by atomic mass is 10.2. The van der Waals surface area contributed by atoms with Crippen LogP contribution in [0.3, 0.4) is 0 Å². The minimum absolute atomic E-state index is 0.154. The molecule has 0 N–H and O–H groups in total. The van der Waals surface area contributed by atoms with Gasteiger partial charge in [0.15, 0.2) is 0 Å². The highest BCUT2D eigenvalue weighted by Crippen LogP contribution is 2.28. The molecule has 1 aliphatic heterocycles. The fraction of sp³-hybridized carbons (Fsp3) is 0.250. The van der Waals surface area contributed by atoms with Crippen molar-refractivity contribution >= 4 is 0 Å². The molecule has 0 amide bonds. The lowest BCUT2D eigenvalue weighted by Crippen LogP contribution is -1.75. The molecule has 0 unspecified atom stereocenters. The Labute approximate surface area is 61.3 Å². The largest absolute Gasteiger partial charge is 0.368 e. The van der Waals surface area contributed by atoms with E-state index in [1.54, 1.807) is 0 Å². The smallest absolute Gasteiger partial charge is 0.106 e. The van der Waals surface area contributed by atoms with Crippen molar-refractivity contribution in [2.24, 2.45) is 0 Å². The van der Waals surface area contributed by atoms with Crippen molar-refractivity contribution in [3.05, 3.63) is 35.8 Å². The summed E-state index contributed by atoms with van der Waals surface area (Å²) in [6.45, 7) is 0.438. The number of epoxide rings is 1. The third-order valence-electron chi connectivity index (χ3n) is 1.17. The number of hydrogen-bond donors (Lipinski definition) is 0. The van der Waals surface area contributed by atoms with Gasteiger partial charge in [-0.2, -0.15) is 0 Å². The van der Waals surface area contributed by atoms with Crippen LogP contribution in [0.1, 0.15) is 18.5 Å². The molecular weight excluding hydrogens is 112 g/mol. The summed E-state index contributed by atoms with van der Waals surface area (Å²) in [5, 5.41) is 0. The van der Waals surface area contributed by atoms with E-state index in [2.05, 4.69) is 0 Å². The van der Waals surface area contributed by atoms with E-state index >= 15 is 0 Å². The number of benzene rings is 1. The summed E-state index contributed by atoms with van der Waals surface area (Å²) in [6.07, 6.45) is -0.316. The molecule has 1 aromatic rings. The van der Waals surface area contributed by atoms with Gasteiger partial charge in [0.05, 0.1) is 13.5 Å². The van der Waals surface area contributed by atoms with Crippen LogP contribution in [-0.2, 0) is 4.74 Å². The van der Waals surface area contributed by atoms with E-state index in [-0.39, 0.29) is 41.9 Å². The molecule has 1 nitrogen and oxygen atoms in total. The Morgan fingerprint density at radius 2 is 2.11 bits per heavy atom. The Morgan fingerprint density at radius 3 is 2.67 bits per heavy atom. The monoisotopic (exact) mass is 125 g/mol. The average Bonchev–Trinajstić information content (AvgIpc) is 2.96. The summed E-state index contributed by atoms with van der Waals surface area (Å²) in [7, 11) is 0. The van der Waals surface area contributed by atoms with Gasteiger partial charge < -0.3 is 4.74 Å². The Hall–Kier alpha value is -0.820. The van der Waals surface area contributed by atoms with Crippen LogP contribution in [0.2, 0.25) is 0 Å². The van der Waals surface area contributed by atoms with Crippen LogP contribution in [0.4, 0.5) is 0 Å². The number of rotatable bonds is 1. The second-order valence-corrected chi connectivity index (χ2v) is 1.86. The van der Waals surface area contributed by atoms with Crippen molar-refractivity contribution in [1.29, 1.82) is 0 Å². The van der Waals surface area contributed by atoms with Gasteiger partial charge in [0.25, 0.3) is 0 Å². The van der Waals surface area contributed by atoms with Gasteiger partial charge in [-0.15, -0.1) is 0 Å². The van der Waals surface area contributed by atoms with Gasteiger partial charge in [-0.25, -0.2) is 0 Å². The van der Waals surface area contributed by atoms with Crippen molar-refractivity contribution in [2.75, 3.05) is 6.61 Å². The molecule has 1 heteroatoms. The number of ether oxygens (including phenoxy) is 1. The maximum atomic E-state index is 7.55. The first kappa shape index (κ1) is 2.10. The Kier molecular flexibility index (Phi) is 0.431. The van der Waals surface area contributed by atoms with Gasteiger partial charge >= 0.3 is 0 Å². The molecule has 46 valence electrons. The maximum absolute atomic E-state index is 7.55. The molecule has 0 spiro atoms. The van der Waals surface area contributed by atoms with Crippen LogP contribution in [0.5, 0.6) is 0 Å². The normalized spacial score (nSPS) is 31.6. The molecule has 9 heavy (non-hydrogen) atoms. The van der Waals surface area contributed by atoms with Crippen LogP contribution in [0.25, 0.3) is 0 Å². The van der Waals surface area contributed by atoms with Crippen molar-refractivity contribution in [3.63, 3.8) is 0 Å². The summed E-state index contributed by atoms with van der Waals surface area (Å²) in [5.74, 6) is 0. The minimum atomic E-state index is -0.357. The van der Waals surface area contributed by atoms with Crippen molar-refractivity contribution in [3.8, 4) is 0 Å². The molecular formula is C8H8O. The lowest BCUT2D eigenvalue weighted by Gasteiger charge is -1.89. The summed E-state index contributed by atoms with van der Waals surface area (Å²) in [6, 6.07) is -1.26. The third-order valence-corrected chi connectivity index (χ3v) is 1.17. The van der Waals surface area contributed by atoms with Crippen LogP contribution in [-0.4, -0.2) is 6.61 Å². The van der Waals surface area contributed by atoms with Gasteiger partial charge in [-0.05, 0) is 5.56 Å². The summed E-state index contributed by atoms with van der Waals surface area (Å²) >= 11 is 0. The first-order chi connectivity index (χ1) is 6.54. The second kappa shape index (κ2) is 1.85. The van der Waals surface area contributed by atoms with E-state index in [0.717, 1.165) is 0 Å². The molecule has 0 radical (unpaired) electrons. The summed E-state index contributed by atoms with van der Waals surface area (Å²) in [5.41, 5.74) is 0.274. The van der Waals surface area contributed by atoms with Gasteiger partial charge in [0.1, 0.15) is 6.10 Å². The Morgan fingerprint density at radius 1 is 1.44 bits per heavy atom. The van der Waals surface area contributed by atoms with Crippen LogP contribution in [0, 0.1) is 0 Å². The maximum Gasteiger partial charge on any atom is 0.106 e. The fourth-order valence-corrected chi connectivity index (χ4v) is 0.635. The highest BCUT2D eigenvalue weighted by Gasteiger charge is 2.23. The van der Waals surface area contributed by atoms with Crippen molar-refractivity contribution < 1.29 is 11.6 Å². The second-order valence-electron chi connectivity index (χ2n) is 1.86. The van der Waals surface area contributed by atoms with Crippen LogP contribution < -0.4 is 0 Å². The molecule has 1 heterocycles. The fourth-order valence-electron chi connectivity index (χ4n) is 0.635. The zero-order valence-electron chi connectivity index (χ0n) is 9.69. The Bertz CT molecular complexity index is 370. The van der Waals surface area contributed by atoms with E-state index in [4.69, 9.17) is 11.6 Å². The summed E-state index contributed by atoms with van der Waals surface area (Å²) in [4.78, 5) is 0. The lowest BCUT2D eigenvalue weighted by molar-refractivity contribution is 0.415. The molecule has 1 aromatic carbocycles. The molecule has 0 saturated carbocycles. The minimum Gasteiger partial charge on any atom is -0.368 e. The molecule has 1 fully saturated rings. The predicted octanol–water partition coefficient (Wildman–Crippen LogP) is 1.76. The average molecular weight is 125 g/mol. The van der Waals surface area contributed by atoms with E-state index in [1.807, 2.05) is 0 Å². The molecule has 1 saturated heterocycles. The highest BCUT2D eigenvalue weighted by molar-refractivity contribution is 5.19. The Balaban J connectivity index is 2.69. The van der Waals surface area contributed by atoms with E-state index in [9.17, 15) is 0 Å². The van der Waals surface area contributed by atoms with E-state index < -0.39 is 0 Å². The SMILES string of the molecule is [2H]c1c([2H])c([2H])c([C@H]2CO2)c([2H])c1[2H]. The molecule has 0 aromatic heterocycles. The van der Waals surface area contributed by atoms with Crippen LogP contribution >= 0.6 is 0 Å². The van der Waals surface area contributed by atoms with E-state index in [0.29, 0.717) is 6.61 Å². The molecule has 1 atom stereocenters. The number of hydrogen-bond acceptors (Lipinski definition) is 1. The van der Waals surface area contributed by atoms with E-state index in [1.165, 1.54) is 0 Å². The topological polar surface area (TPSA) is 12.5 Å². The first-order valence-corrected chi connectivity index (χ1v) is 2.72. The van der Waals surface area contributed by atoms with Gasteiger partial charge in [0, 0.05) is 0 Å². The standard InChI is InChI=1S/C8H8O/c1-2-4-7(5-3-1)8-6-9-8/h1-5,8H,6H2/t8-/m1/s1/i1D,2D,3D,4D,5D. The van der Waals surface area contributed by atoms with Crippen LogP contribution in [0.15, 0.2) is 30.2 Å². The zero-order valence-corrected chi connectivity index (χ0v) is 4.69. The first-order valence-electron chi connectivity index (χ1n) is 5.22. The molecule has 2 rings (SSSR count). The highest BCUT2D eigenvalue weighted by atomic mass is 16.6. The summed E-state index contributed by atoms with van der Waals surface area (Å²) < 4.78 is 42.2. The van der Waals surface area contributed by atoms with Gasteiger partial charge in [0.2, 0.25) is 0 Å². The van der Waals surface area contributed by atoms with Gasteiger partial charge in [-0.3, -0.25) is 0 Å². The quantitative estimate of drug-likeness (QED) is 0.521. The molecule has 0 aliphatic carbocycles. The third kappa shape index (κ3) is 0.958. The predicted molar refractivity (Wildman–Crippen MR) is 35.1 cm³/mol. The molecule has 0 bridgehead atoms.